The lowest BCUT2D eigenvalue weighted by atomic mass is 9.98. The van der Waals surface area contributed by atoms with Gasteiger partial charge in [-0.05, 0) is 28.7 Å². The Morgan fingerprint density at radius 3 is 2.26 bits per heavy atom. The molecule has 0 aliphatic heterocycles. The highest BCUT2D eigenvalue weighted by Gasteiger charge is 2.28. The van der Waals surface area contributed by atoms with Crippen molar-refractivity contribution in [3.8, 4) is 11.1 Å². The summed E-state index contributed by atoms with van der Waals surface area (Å²) >= 11 is 0. The fourth-order valence-electron chi connectivity index (χ4n) is 3.03. The molecule has 2 aromatic carbocycles. The van der Waals surface area contributed by atoms with Gasteiger partial charge in [-0.2, -0.15) is 0 Å². The Balaban J connectivity index is 1.65. The van der Waals surface area contributed by atoms with Crippen LogP contribution >= 0.6 is 0 Å². The quantitative estimate of drug-likeness (QED) is 0.630. The summed E-state index contributed by atoms with van der Waals surface area (Å²) in [5, 5.41) is 0. The Kier molecular flexibility index (Phi) is 4.93. The third-order valence-corrected chi connectivity index (χ3v) is 4.19. The second-order valence-corrected chi connectivity index (χ2v) is 5.73. The molecule has 120 valence electrons. The number of fused-ring (bicyclic) bond motifs is 3. The Labute approximate surface area is 136 Å². The molecular formula is C19H22N2O2. The number of ether oxygens (including phenoxy) is 1. The minimum atomic E-state index is -0.428. The zero-order chi connectivity index (χ0) is 16.1. The van der Waals surface area contributed by atoms with Crippen molar-refractivity contribution in [1.82, 2.24) is 10.9 Å². The van der Waals surface area contributed by atoms with E-state index in [2.05, 4.69) is 42.0 Å². The first-order valence-corrected chi connectivity index (χ1v) is 8.15. The number of nitrogens with one attached hydrogen (secondary N) is 2. The van der Waals surface area contributed by atoms with Gasteiger partial charge in [0, 0.05) is 12.5 Å². The first-order chi connectivity index (χ1) is 11.3. The Morgan fingerprint density at radius 2 is 1.65 bits per heavy atom. The second kappa shape index (κ2) is 7.29. The summed E-state index contributed by atoms with van der Waals surface area (Å²) in [5.41, 5.74) is 10.4. The van der Waals surface area contributed by atoms with E-state index in [-0.39, 0.29) is 5.92 Å². The summed E-state index contributed by atoms with van der Waals surface area (Å²) < 4.78 is 5.41. The number of hydrogen-bond donors (Lipinski definition) is 2. The average Bonchev–Trinajstić information content (AvgIpc) is 2.91. The molecule has 2 N–H and O–H groups in total. The highest BCUT2D eigenvalue weighted by Crippen LogP contribution is 2.44. The van der Waals surface area contributed by atoms with Crippen molar-refractivity contribution in [2.75, 3.05) is 13.2 Å². The van der Waals surface area contributed by atoms with Gasteiger partial charge in [-0.3, -0.25) is 5.43 Å². The van der Waals surface area contributed by atoms with Crippen molar-refractivity contribution in [2.45, 2.75) is 25.7 Å². The molecule has 1 amide bonds. The molecule has 4 nitrogen and oxygen atoms in total. The van der Waals surface area contributed by atoms with Gasteiger partial charge < -0.3 is 4.74 Å². The fraction of sp³-hybridized carbons (Fsp3) is 0.316. The number of amides is 1. The zero-order valence-electron chi connectivity index (χ0n) is 13.3. The minimum absolute atomic E-state index is 0.101. The number of carbonyl (C=O) groups is 1. The monoisotopic (exact) mass is 310 g/mol. The molecule has 0 fully saturated rings. The topological polar surface area (TPSA) is 50.4 Å². The smallest absolute Gasteiger partial charge is 0.421 e. The van der Waals surface area contributed by atoms with Gasteiger partial charge in [0.1, 0.15) is 6.61 Å². The molecule has 0 spiro atoms. The summed E-state index contributed by atoms with van der Waals surface area (Å²) in [5.74, 6) is 0.101. The molecule has 0 radical (unpaired) electrons. The van der Waals surface area contributed by atoms with Crippen LogP contribution < -0.4 is 10.9 Å². The zero-order valence-corrected chi connectivity index (χ0v) is 13.3. The molecule has 0 bridgehead atoms. The van der Waals surface area contributed by atoms with Crippen LogP contribution in [0.2, 0.25) is 0 Å². The summed E-state index contributed by atoms with van der Waals surface area (Å²) in [6.45, 7) is 3.20. The maximum absolute atomic E-state index is 11.8. The van der Waals surface area contributed by atoms with Crippen molar-refractivity contribution < 1.29 is 9.53 Å². The molecule has 0 aromatic heterocycles. The number of hydrazine groups is 1. The minimum Gasteiger partial charge on any atom is -0.448 e. The van der Waals surface area contributed by atoms with Gasteiger partial charge in [-0.15, -0.1) is 0 Å². The molecule has 1 aliphatic rings. The predicted octanol–water partition coefficient (Wildman–Crippen LogP) is 3.83. The lowest BCUT2D eigenvalue weighted by Crippen LogP contribution is -2.38. The average molecular weight is 310 g/mol. The van der Waals surface area contributed by atoms with Crippen molar-refractivity contribution in [3.63, 3.8) is 0 Å². The van der Waals surface area contributed by atoms with Gasteiger partial charge >= 0.3 is 6.09 Å². The maximum Gasteiger partial charge on any atom is 0.421 e. The molecule has 3 rings (SSSR count). The number of benzene rings is 2. The van der Waals surface area contributed by atoms with Crippen LogP contribution in [0.25, 0.3) is 11.1 Å². The lowest BCUT2D eigenvalue weighted by molar-refractivity contribution is 0.138. The van der Waals surface area contributed by atoms with E-state index in [4.69, 9.17) is 4.74 Å². The van der Waals surface area contributed by atoms with Crippen LogP contribution in [0.15, 0.2) is 48.5 Å². The van der Waals surface area contributed by atoms with Gasteiger partial charge in [0.05, 0.1) is 0 Å². The van der Waals surface area contributed by atoms with Crippen molar-refractivity contribution in [3.05, 3.63) is 59.7 Å². The Hall–Kier alpha value is -2.33. The lowest BCUT2D eigenvalue weighted by Gasteiger charge is -2.14. The molecule has 0 heterocycles. The molecule has 0 saturated carbocycles. The molecular weight excluding hydrogens is 288 g/mol. The van der Waals surface area contributed by atoms with Crippen LogP contribution in [-0.2, 0) is 4.74 Å². The van der Waals surface area contributed by atoms with Crippen molar-refractivity contribution in [1.29, 1.82) is 0 Å². The number of unbranched alkanes of at least 4 members (excludes halogenated alkanes) is 1. The van der Waals surface area contributed by atoms with E-state index in [0.717, 1.165) is 19.4 Å². The van der Waals surface area contributed by atoms with Crippen LogP contribution in [0, 0.1) is 0 Å². The second-order valence-electron chi connectivity index (χ2n) is 5.73. The summed E-state index contributed by atoms with van der Waals surface area (Å²) in [7, 11) is 0. The van der Waals surface area contributed by atoms with Gasteiger partial charge in [-0.1, -0.05) is 61.9 Å². The van der Waals surface area contributed by atoms with Crippen LogP contribution in [0.1, 0.15) is 36.8 Å². The highest BCUT2D eigenvalue weighted by molar-refractivity contribution is 5.79. The number of rotatable bonds is 6. The van der Waals surface area contributed by atoms with E-state index in [9.17, 15) is 4.79 Å². The molecule has 4 heteroatoms. The summed E-state index contributed by atoms with van der Waals surface area (Å²) in [6.07, 6.45) is 1.67. The molecule has 23 heavy (non-hydrogen) atoms. The van der Waals surface area contributed by atoms with Gasteiger partial charge in [-0.25, -0.2) is 10.2 Å². The molecule has 2 aromatic rings. The third kappa shape index (κ3) is 3.37. The maximum atomic E-state index is 11.8. The van der Waals surface area contributed by atoms with Gasteiger partial charge in [0.2, 0.25) is 0 Å². The number of carbonyl (C=O) groups excluding carboxylic acids is 1. The van der Waals surface area contributed by atoms with E-state index in [1.807, 2.05) is 24.3 Å². The molecule has 0 atom stereocenters. The van der Waals surface area contributed by atoms with E-state index in [0.29, 0.717) is 6.61 Å². The largest absolute Gasteiger partial charge is 0.448 e. The van der Waals surface area contributed by atoms with Crippen molar-refractivity contribution in [2.24, 2.45) is 0 Å². The standard InChI is InChI=1S/C19H22N2O2/c1-2-3-12-20-21-19(22)23-13-18-16-10-6-4-8-14(16)15-9-5-7-11-17(15)18/h4-11,18,20H,2-3,12-13H2,1H3,(H,21,22). The molecule has 0 saturated heterocycles. The van der Waals surface area contributed by atoms with Crippen LogP contribution in [0.4, 0.5) is 4.79 Å². The molecule has 0 unspecified atom stereocenters. The normalized spacial score (nSPS) is 12.6. The van der Waals surface area contributed by atoms with Crippen LogP contribution in [0.3, 0.4) is 0 Å². The van der Waals surface area contributed by atoms with E-state index in [1.54, 1.807) is 0 Å². The first-order valence-electron chi connectivity index (χ1n) is 8.15. The van der Waals surface area contributed by atoms with Crippen LogP contribution in [0.5, 0.6) is 0 Å². The molecule has 1 aliphatic carbocycles. The van der Waals surface area contributed by atoms with E-state index >= 15 is 0 Å². The van der Waals surface area contributed by atoms with Crippen LogP contribution in [-0.4, -0.2) is 19.2 Å². The van der Waals surface area contributed by atoms with Gasteiger partial charge in [0.15, 0.2) is 0 Å². The SMILES string of the molecule is CCCCNNC(=O)OCC1c2ccccc2-c2ccccc21. The summed E-state index contributed by atoms with van der Waals surface area (Å²) in [6, 6.07) is 16.6. The van der Waals surface area contributed by atoms with E-state index < -0.39 is 6.09 Å². The fourth-order valence-corrected chi connectivity index (χ4v) is 3.03. The third-order valence-electron chi connectivity index (χ3n) is 4.19. The van der Waals surface area contributed by atoms with Gasteiger partial charge in [0.25, 0.3) is 0 Å². The Morgan fingerprint density at radius 1 is 1.04 bits per heavy atom. The number of hydrogen-bond acceptors (Lipinski definition) is 3. The Bertz CT molecular complexity index is 639. The first kappa shape index (κ1) is 15.6. The highest BCUT2D eigenvalue weighted by atomic mass is 16.6. The summed E-state index contributed by atoms with van der Waals surface area (Å²) in [4.78, 5) is 11.8. The predicted molar refractivity (Wildman–Crippen MR) is 91.1 cm³/mol. The van der Waals surface area contributed by atoms with E-state index in [1.165, 1.54) is 22.3 Å². The van der Waals surface area contributed by atoms with Crippen molar-refractivity contribution >= 4 is 6.09 Å².